The highest BCUT2D eigenvalue weighted by molar-refractivity contribution is 5.69. The highest BCUT2D eigenvalue weighted by Crippen LogP contribution is 2.07. The SMILES string of the molecule is CCOC(=O)Cn1cncc1CNC(=O)OC(C)(C)C. The first-order valence-corrected chi connectivity index (χ1v) is 6.43. The highest BCUT2D eigenvalue weighted by atomic mass is 16.6. The fourth-order valence-corrected chi connectivity index (χ4v) is 1.46. The Balaban J connectivity index is 2.51. The predicted octanol–water partition coefficient (Wildman–Crippen LogP) is 1.47. The highest BCUT2D eigenvalue weighted by Gasteiger charge is 2.16. The number of nitrogens with zero attached hydrogens (tertiary/aromatic N) is 2. The lowest BCUT2D eigenvalue weighted by molar-refractivity contribution is -0.143. The van der Waals surface area contributed by atoms with Crippen LogP contribution in [0.2, 0.25) is 0 Å². The van der Waals surface area contributed by atoms with Crippen molar-refractivity contribution in [3.63, 3.8) is 0 Å². The summed E-state index contributed by atoms with van der Waals surface area (Å²) < 4.78 is 11.6. The Morgan fingerprint density at radius 1 is 1.40 bits per heavy atom. The van der Waals surface area contributed by atoms with Crippen LogP contribution in [0.15, 0.2) is 12.5 Å². The number of alkyl carbamates (subject to hydrolysis) is 1. The maximum absolute atomic E-state index is 11.5. The second-order valence-corrected chi connectivity index (χ2v) is 5.17. The average Bonchev–Trinajstić information content (AvgIpc) is 2.71. The van der Waals surface area contributed by atoms with Crippen LogP contribution in [0.4, 0.5) is 4.79 Å². The van der Waals surface area contributed by atoms with Crippen molar-refractivity contribution in [3.05, 3.63) is 18.2 Å². The minimum absolute atomic E-state index is 0.0686. The predicted molar refractivity (Wildman–Crippen MR) is 71.9 cm³/mol. The third-order valence-corrected chi connectivity index (χ3v) is 2.22. The zero-order valence-corrected chi connectivity index (χ0v) is 12.3. The van der Waals surface area contributed by atoms with E-state index in [-0.39, 0.29) is 19.1 Å². The summed E-state index contributed by atoms with van der Waals surface area (Å²) in [6.45, 7) is 7.75. The molecule has 112 valence electrons. The molecule has 0 saturated heterocycles. The minimum Gasteiger partial charge on any atom is -0.465 e. The van der Waals surface area contributed by atoms with E-state index in [1.165, 1.54) is 6.33 Å². The summed E-state index contributed by atoms with van der Waals surface area (Å²) >= 11 is 0. The van der Waals surface area contributed by atoms with Crippen LogP contribution in [-0.2, 0) is 27.4 Å². The van der Waals surface area contributed by atoms with Gasteiger partial charge < -0.3 is 19.4 Å². The molecule has 0 spiro atoms. The number of rotatable bonds is 5. The Kier molecular flexibility index (Phi) is 5.54. The molecule has 0 aliphatic carbocycles. The smallest absolute Gasteiger partial charge is 0.407 e. The van der Waals surface area contributed by atoms with Gasteiger partial charge in [0.1, 0.15) is 12.1 Å². The number of imidazole rings is 1. The topological polar surface area (TPSA) is 82.5 Å². The van der Waals surface area contributed by atoms with Crippen molar-refractivity contribution in [2.45, 2.75) is 46.4 Å². The molecule has 0 saturated carbocycles. The number of amides is 1. The monoisotopic (exact) mass is 283 g/mol. The molecular weight excluding hydrogens is 262 g/mol. The number of esters is 1. The van der Waals surface area contributed by atoms with E-state index >= 15 is 0 Å². The molecular formula is C13H21N3O4. The molecule has 0 bridgehead atoms. The average molecular weight is 283 g/mol. The van der Waals surface area contributed by atoms with Gasteiger partial charge in [-0.3, -0.25) is 4.79 Å². The van der Waals surface area contributed by atoms with Crippen LogP contribution in [0.25, 0.3) is 0 Å². The van der Waals surface area contributed by atoms with Crippen molar-refractivity contribution in [2.75, 3.05) is 6.61 Å². The Labute approximate surface area is 118 Å². The van der Waals surface area contributed by atoms with Crippen LogP contribution >= 0.6 is 0 Å². The maximum Gasteiger partial charge on any atom is 0.407 e. The molecule has 0 aliphatic heterocycles. The van der Waals surface area contributed by atoms with Crippen molar-refractivity contribution in [1.29, 1.82) is 0 Å². The second-order valence-electron chi connectivity index (χ2n) is 5.17. The summed E-state index contributed by atoms with van der Waals surface area (Å²) in [6.07, 6.45) is 2.58. The van der Waals surface area contributed by atoms with Gasteiger partial charge in [0.05, 0.1) is 25.2 Å². The van der Waals surface area contributed by atoms with E-state index in [4.69, 9.17) is 9.47 Å². The first-order chi connectivity index (χ1) is 9.31. The third kappa shape index (κ3) is 5.73. The second kappa shape index (κ2) is 6.93. The van der Waals surface area contributed by atoms with E-state index in [2.05, 4.69) is 10.3 Å². The molecule has 0 unspecified atom stereocenters. The largest absolute Gasteiger partial charge is 0.465 e. The zero-order chi connectivity index (χ0) is 15.2. The Morgan fingerprint density at radius 3 is 2.70 bits per heavy atom. The summed E-state index contributed by atoms with van der Waals surface area (Å²) in [6, 6.07) is 0. The van der Waals surface area contributed by atoms with Gasteiger partial charge in [0, 0.05) is 6.20 Å². The van der Waals surface area contributed by atoms with E-state index in [1.807, 2.05) is 0 Å². The molecule has 1 heterocycles. The van der Waals surface area contributed by atoms with E-state index in [0.29, 0.717) is 12.3 Å². The van der Waals surface area contributed by atoms with Crippen LogP contribution < -0.4 is 5.32 Å². The Morgan fingerprint density at radius 2 is 2.10 bits per heavy atom. The van der Waals surface area contributed by atoms with Gasteiger partial charge >= 0.3 is 12.1 Å². The van der Waals surface area contributed by atoms with Crippen molar-refractivity contribution < 1.29 is 19.1 Å². The van der Waals surface area contributed by atoms with Crippen LogP contribution in [0.3, 0.4) is 0 Å². The maximum atomic E-state index is 11.5. The third-order valence-electron chi connectivity index (χ3n) is 2.22. The number of carbonyl (C=O) groups excluding carboxylic acids is 2. The van der Waals surface area contributed by atoms with E-state index < -0.39 is 11.7 Å². The number of hydrogen-bond donors (Lipinski definition) is 1. The quantitative estimate of drug-likeness (QED) is 0.827. The number of aromatic nitrogens is 2. The molecule has 1 N–H and O–H groups in total. The van der Waals surface area contributed by atoms with Gasteiger partial charge in [-0.2, -0.15) is 0 Å². The Bertz CT molecular complexity index is 462. The minimum atomic E-state index is -0.546. The molecule has 0 fully saturated rings. The summed E-state index contributed by atoms with van der Waals surface area (Å²) in [5, 5.41) is 2.61. The fraction of sp³-hybridized carbons (Fsp3) is 0.615. The zero-order valence-electron chi connectivity index (χ0n) is 12.3. The molecule has 1 aromatic heterocycles. The van der Waals surface area contributed by atoms with E-state index in [1.54, 1.807) is 38.5 Å². The summed E-state index contributed by atoms with van der Waals surface area (Å²) in [5.74, 6) is -0.344. The van der Waals surface area contributed by atoms with Gasteiger partial charge in [-0.05, 0) is 27.7 Å². The van der Waals surface area contributed by atoms with Gasteiger partial charge in [-0.1, -0.05) is 0 Å². The van der Waals surface area contributed by atoms with Gasteiger partial charge in [0.25, 0.3) is 0 Å². The number of hydrogen-bond acceptors (Lipinski definition) is 5. The van der Waals surface area contributed by atoms with Gasteiger partial charge in [0.15, 0.2) is 0 Å². The first-order valence-electron chi connectivity index (χ1n) is 6.43. The summed E-state index contributed by atoms with van der Waals surface area (Å²) in [7, 11) is 0. The van der Waals surface area contributed by atoms with Gasteiger partial charge in [-0.15, -0.1) is 0 Å². The lowest BCUT2D eigenvalue weighted by atomic mass is 10.2. The molecule has 0 aliphatic rings. The van der Waals surface area contributed by atoms with Gasteiger partial charge in [0.2, 0.25) is 0 Å². The molecule has 0 atom stereocenters. The fourth-order valence-electron chi connectivity index (χ4n) is 1.46. The molecule has 20 heavy (non-hydrogen) atoms. The van der Waals surface area contributed by atoms with Crippen molar-refractivity contribution in [1.82, 2.24) is 14.9 Å². The van der Waals surface area contributed by atoms with Crippen LogP contribution in [0, 0.1) is 0 Å². The molecule has 1 aromatic rings. The van der Waals surface area contributed by atoms with E-state index in [0.717, 1.165) is 0 Å². The standard InChI is InChI=1S/C13H21N3O4/c1-5-19-11(17)8-16-9-14-6-10(16)7-15-12(18)20-13(2,3)4/h6,9H,5,7-8H2,1-4H3,(H,15,18). The molecule has 1 amide bonds. The van der Waals surface area contributed by atoms with E-state index in [9.17, 15) is 9.59 Å². The van der Waals surface area contributed by atoms with Crippen LogP contribution in [-0.4, -0.2) is 33.8 Å². The van der Waals surface area contributed by atoms with Gasteiger partial charge in [-0.25, -0.2) is 9.78 Å². The lowest BCUT2D eigenvalue weighted by Gasteiger charge is -2.19. The van der Waals surface area contributed by atoms with Crippen molar-refractivity contribution in [2.24, 2.45) is 0 Å². The number of nitrogens with one attached hydrogen (secondary N) is 1. The summed E-state index contributed by atoms with van der Waals surface area (Å²) in [5.41, 5.74) is 0.152. The van der Waals surface area contributed by atoms with Crippen LogP contribution in [0.1, 0.15) is 33.4 Å². The molecule has 7 nitrogen and oxygen atoms in total. The normalized spacial score (nSPS) is 11.0. The first kappa shape index (κ1) is 16.0. The molecule has 0 radical (unpaired) electrons. The van der Waals surface area contributed by atoms with Crippen molar-refractivity contribution in [3.8, 4) is 0 Å². The number of ether oxygens (including phenoxy) is 2. The lowest BCUT2D eigenvalue weighted by Crippen LogP contribution is -2.32. The number of carbonyl (C=O) groups is 2. The van der Waals surface area contributed by atoms with Crippen LogP contribution in [0.5, 0.6) is 0 Å². The van der Waals surface area contributed by atoms with Crippen molar-refractivity contribution >= 4 is 12.1 Å². The Hall–Kier alpha value is -2.05. The molecule has 1 rings (SSSR count). The molecule has 7 heteroatoms. The summed E-state index contributed by atoms with van der Waals surface area (Å²) in [4.78, 5) is 26.9. The molecule has 0 aromatic carbocycles.